The number of carbonyl (C=O) groups excluding carboxylic acids is 2. The van der Waals surface area contributed by atoms with Gasteiger partial charge in [0.05, 0.1) is 0 Å². The fourth-order valence-corrected chi connectivity index (χ4v) is 5.22. The Labute approximate surface area is 120 Å². The van der Waals surface area contributed by atoms with E-state index in [9.17, 15) is 9.59 Å². The molecule has 3 rings (SSSR count). The SMILES string of the molecule is C=C(C)[C@H]1[C@H]2[C@@H](OC(C)=O)C[C@@H](C)[C@@H]3C(=O)C=C(C)[C@@]213. The van der Waals surface area contributed by atoms with Crippen molar-refractivity contribution in [1.29, 1.82) is 0 Å². The molecule has 0 aromatic heterocycles. The highest BCUT2D eigenvalue weighted by Crippen LogP contribution is 2.77. The molecule has 108 valence electrons. The Morgan fingerprint density at radius 2 is 2.10 bits per heavy atom. The van der Waals surface area contributed by atoms with Crippen LogP contribution in [0.5, 0.6) is 0 Å². The van der Waals surface area contributed by atoms with Crippen LogP contribution in [0.25, 0.3) is 0 Å². The lowest BCUT2D eigenvalue weighted by atomic mass is 9.69. The maximum absolute atomic E-state index is 12.3. The van der Waals surface area contributed by atoms with Crippen LogP contribution >= 0.6 is 0 Å². The molecule has 0 bridgehead atoms. The molecule has 20 heavy (non-hydrogen) atoms. The fourth-order valence-electron chi connectivity index (χ4n) is 5.22. The van der Waals surface area contributed by atoms with Gasteiger partial charge in [0.2, 0.25) is 0 Å². The Morgan fingerprint density at radius 3 is 2.65 bits per heavy atom. The lowest BCUT2D eigenvalue weighted by Crippen LogP contribution is -2.38. The second-order valence-corrected chi connectivity index (χ2v) is 6.85. The van der Waals surface area contributed by atoms with E-state index < -0.39 is 0 Å². The summed E-state index contributed by atoms with van der Waals surface area (Å²) in [6, 6.07) is 0. The van der Waals surface area contributed by atoms with Crippen molar-refractivity contribution in [2.45, 2.75) is 40.2 Å². The number of hydrogen-bond donors (Lipinski definition) is 0. The van der Waals surface area contributed by atoms with Crippen LogP contribution in [-0.4, -0.2) is 17.9 Å². The van der Waals surface area contributed by atoms with Crippen LogP contribution in [0.4, 0.5) is 0 Å². The molecule has 2 saturated carbocycles. The zero-order chi connectivity index (χ0) is 14.8. The highest BCUT2D eigenvalue weighted by Gasteiger charge is 2.77. The van der Waals surface area contributed by atoms with Crippen molar-refractivity contribution in [3.05, 3.63) is 23.8 Å². The number of ether oxygens (including phenoxy) is 1. The molecular weight excluding hydrogens is 252 g/mol. The predicted octanol–water partition coefficient (Wildman–Crippen LogP) is 2.91. The predicted molar refractivity (Wildman–Crippen MR) is 75.8 cm³/mol. The normalized spacial score (nSPS) is 45.3. The van der Waals surface area contributed by atoms with Crippen molar-refractivity contribution in [2.75, 3.05) is 0 Å². The van der Waals surface area contributed by atoms with Gasteiger partial charge in [-0.3, -0.25) is 9.59 Å². The van der Waals surface area contributed by atoms with E-state index in [1.54, 1.807) is 0 Å². The van der Waals surface area contributed by atoms with E-state index in [0.717, 1.165) is 17.6 Å². The lowest BCUT2D eigenvalue weighted by molar-refractivity contribution is -0.151. The first-order valence-corrected chi connectivity index (χ1v) is 7.37. The molecule has 0 radical (unpaired) electrons. The molecule has 6 atom stereocenters. The van der Waals surface area contributed by atoms with Crippen LogP contribution < -0.4 is 0 Å². The molecule has 3 aliphatic rings. The van der Waals surface area contributed by atoms with E-state index in [0.29, 0.717) is 0 Å². The van der Waals surface area contributed by atoms with E-state index in [-0.39, 0.29) is 46.9 Å². The number of hydrogen-bond acceptors (Lipinski definition) is 3. The van der Waals surface area contributed by atoms with Gasteiger partial charge in [-0.2, -0.15) is 0 Å². The lowest BCUT2D eigenvalue weighted by Gasteiger charge is -2.36. The van der Waals surface area contributed by atoms with Crippen molar-refractivity contribution in [2.24, 2.45) is 29.1 Å². The quantitative estimate of drug-likeness (QED) is 0.574. The Hall–Kier alpha value is -1.38. The third kappa shape index (κ3) is 1.46. The summed E-state index contributed by atoms with van der Waals surface area (Å²) in [7, 11) is 0. The third-order valence-electron chi connectivity index (χ3n) is 5.60. The second kappa shape index (κ2) is 4.06. The number of allylic oxidation sites excluding steroid dienone is 3. The molecule has 1 spiro atoms. The van der Waals surface area contributed by atoms with E-state index in [2.05, 4.69) is 20.4 Å². The summed E-state index contributed by atoms with van der Waals surface area (Å²) in [5.74, 6) is 0.860. The summed E-state index contributed by atoms with van der Waals surface area (Å²) in [5.41, 5.74) is 2.16. The van der Waals surface area contributed by atoms with Crippen LogP contribution in [-0.2, 0) is 14.3 Å². The molecule has 0 N–H and O–H groups in total. The van der Waals surface area contributed by atoms with Crippen LogP contribution in [0.15, 0.2) is 23.8 Å². The molecule has 3 aliphatic carbocycles. The maximum atomic E-state index is 12.3. The van der Waals surface area contributed by atoms with Gasteiger partial charge in [0.15, 0.2) is 5.78 Å². The molecule has 3 nitrogen and oxygen atoms in total. The summed E-state index contributed by atoms with van der Waals surface area (Å²) >= 11 is 0. The van der Waals surface area contributed by atoms with Crippen LogP contribution in [0, 0.1) is 29.1 Å². The largest absolute Gasteiger partial charge is 0.462 e. The average molecular weight is 274 g/mol. The van der Waals surface area contributed by atoms with Crippen molar-refractivity contribution in [1.82, 2.24) is 0 Å². The van der Waals surface area contributed by atoms with E-state index in [1.165, 1.54) is 6.92 Å². The van der Waals surface area contributed by atoms with Gasteiger partial charge in [-0.25, -0.2) is 0 Å². The van der Waals surface area contributed by atoms with Crippen molar-refractivity contribution < 1.29 is 14.3 Å². The van der Waals surface area contributed by atoms with Gasteiger partial charge in [0, 0.05) is 24.2 Å². The highest BCUT2D eigenvalue weighted by atomic mass is 16.5. The summed E-state index contributed by atoms with van der Waals surface area (Å²) in [6.45, 7) is 11.8. The van der Waals surface area contributed by atoms with Gasteiger partial charge in [-0.1, -0.05) is 24.6 Å². The Kier molecular flexibility index (Phi) is 2.76. The summed E-state index contributed by atoms with van der Waals surface area (Å²) in [6.07, 6.45) is 2.52. The average Bonchev–Trinajstić information content (AvgIpc) is 2.91. The Balaban J connectivity index is 2.04. The minimum Gasteiger partial charge on any atom is -0.462 e. The van der Waals surface area contributed by atoms with E-state index in [1.807, 2.05) is 13.0 Å². The molecule has 0 unspecified atom stereocenters. The topological polar surface area (TPSA) is 43.4 Å². The van der Waals surface area contributed by atoms with Gasteiger partial charge in [-0.05, 0) is 38.2 Å². The zero-order valence-corrected chi connectivity index (χ0v) is 12.6. The molecular formula is C17H22O3. The summed E-state index contributed by atoms with van der Waals surface area (Å²) < 4.78 is 5.56. The first kappa shape index (κ1) is 13.6. The summed E-state index contributed by atoms with van der Waals surface area (Å²) in [5, 5.41) is 0. The van der Waals surface area contributed by atoms with Gasteiger partial charge in [0.25, 0.3) is 0 Å². The third-order valence-corrected chi connectivity index (χ3v) is 5.60. The maximum Gasteiger partial charge on any atom is 0.302 e. The first-order valence-electron chi connectivity index (χ1n) is 7.37. The standard InChI is InChI=1S/C17H22O3/c1-8(2)14-16-13(20-11(5)18)6-9(3)15-12(19)7-10(4)17(14,15)16/h7,9,13-16H,1,6H2,2-5H3/t9-,13+,14+,15-,16-,17-/m1/s1. The van der Waals surface area contributed by atoms with Crippen LogP contribution in [0.1, 0.15) is 34.1 Å². The van der Waals surface area contributed by atoms with Crippen LogP contribution in [0.3, 0.4) is 0 Å². The zero-order valence-electron chi connectivity index (χ0n) is 12.6. The molecule has 0 aliphatic heterocycles. The second-order valence-electron chi connectivity index (χ2n) is 6.85. The Morgan fingerprint density at radius 1 is 1.45 bits per heavy atom. The fraction of sp³-hybridized carbons (Fsp3) is 0.647. The van der Waals surface area contributed by atoms with Gasteiger partial charge < -0.3 is 4.74 Å². The van der Waals surface area contributed by atoms with E-state index >= 15 is 0 Å². The van der Waals surface area contributed by atoms with Crippen molar-refractivity contribution in [3.8, 4) is 0 Å². The van der Waals surface area contributed by atoms with Crippen molar-refractivity contribution in [3.63, 3.8) is 0 Å². The molecule has 0 aromatic rings. The number of rotatable bonds is 2. The minimum absolute atomic E-state index is 0.0565. The molecule has 0 aromatic carbocycles. The number of carbonyl (C=O) groups is 2. The molecule has 0 heterocycles. The van der Waals surface area contributed by atoms with Gasteiger partial charge in [0.1, 0.15) is 6.10 Å². The van der Waals surface area contributed by atoms with Gasteiger partial charge >= 0.3 is 5.97 Å². The Bertz CT molecular complexity index is 544. The van der Waals surface area contributed by atoms with Crippen molar-refractivity contribution >= 4 is 11.8 Å². The number of esters is 1. The molecule has 0 amide bonds. The molecule has 0 saturated heterocycles. The van der Waals surface area contributed by atoms with Gasteiger partial charge in [-0.15, -0.1) is 0 Å². The minimum atomic E-state index is -0.228. The number of ketones is 1. The molecule has 2 fully saturated rings. The smallest absolute Gasteiger partial charge is 0.302 e. The van der Waals surface area contributed by atoms with Crippen LogP contribution in [0.2, 0.25) is 0 Å². The first-order chi connectivity index (χ1) is 9.31. The highest BCUT2D eigenvalue weighted by molar-refractivity contribution is 5.98. The summed E-state index contributed by atoms with van der Waals surface area (Å²) in [4.78, 5) is 23.7. The van der Waals surface area contributed by atoms with E-state index in [4.69, 9.17) is 4.74 Å². The molecule has 3 heteroatoms. The monoisotopic (exact) mass is 274 g/mol.